The van der Waals surface area contributed by atoms with E-state index in [9.17, 15) is 9.90 Å². The van der Waals surface area contributed by atoms with Crippen LogP contribution >= 0.6 is 0 Å². The number of rotatable bonds is 2. The zero-order chi connectivity index (χ0) is 12.5. The van der Waals surface area contributed by atoms with Crippen LogP contribution in [0.3, 0.4) is 0 Å². The van der Waals surface area contributed by atoms with Crippen molar-refractivity contribution in [2.45, 2.75) is 44.8 Å². The highest BCUT2D eigenvalue weighted by atomic mass is 16.3. The summed E-state index contributed by atoms with van der Waals surface area (Å²) in [6, 6.07) is 1.91. The number of H-pyrrole nitrogens is 1. The van der Waals surface area contributed by atoms with Gasteiger partial charge in [0.2, 0.25) is 5.91 Å². The molecule has 1 aliphatic heterocycles. The van der Waals surface area contributed by atoms with E-state index in [0.29, 0.717) is 6.42 Å². The van der Waals surface area contributed by atoms with E-state index in [0.717, 1.165) is 24.9 Å². The lowest BCUT2D eigenvalue weighted by molar-refractivity contribution is -0.144. The number of nitrogens with zero attached hydrogens (tertiary/aromatic N) is 1. The molecule has 0 aromatic carbocycles. The van der Waals surface area contributed by atoms with Gasteiger partial charge in [-0.15, -0.1) is 0 Å². The Morgan fingerprint density at radius 3 is 3.06 bits per heavy atom. The number of amides is 1. The van der Waals surface area contributed by atoms with Crippen LogP contribution in [-0.2, 0) is 11.2 Å². The summed E-state index contributed by atoms with van der Waals surface area (Å²) in [6.45, 7) is 4.62. The highest BCUT2D eigenvalue weighted by molar-refractivity contribution is 5.79. The van der Waals surface area contributed by atoms with Gasteiger partial charge in [0.15, 0.2) is 0 Å². The molecule has 0 spiro atoms. The van der Waals surface area contributed by atoms with Crippen molar-refractivity contribution in [3.63, 3.8) is 0 Å². The normalized spacial score (nSPS) is 23.7. The summed E-state index contributed by atoms with van der Waals surface area (Å²) < 4.78 is 0. The summed E-state index contributed by atoms with van der Waals surface area (Å²) in [7, 11) is 0. The van der Waals surface area contributed by atoms with E-state index in [4.69, 9.17) is 0 Å². The zero-order valence-electron chi connectivity index (χ0n) is 10.4. The quantitative estimate of drug-likeness (QED) is 0.813. The summed E-state index contributed by atoms with van der Waals surface area (Å²) in [5.74, 6) is 0.0911. The lowest BCUT2D eigenvalue weighted by atomic mass is 9.87. The fourth-order valence-corrected chi connectivity index (χ4v) is 2.45. The van der Waals surface area contributed by atoms with E-state index in [1.54, 1.807) is 0 Å². The molecule has 2 heterocycles. The van der Waals surface area contributed by atoms with Gasteiger partial charge in [-0.3, -0.25) is 4.79 Å². The number of hydrogen-bond donors (Lipinski definition) is 2. The molecule has 1 aromatic rings. The highest BCUT2D eigenvalue weighted by Gasteiger charge is 2.39. The molecule has 0 bridgehead atoms. The maximum absolute atomic E-state index is 12.2. The van der Waals surface area contributed by atoms with Crippen molar-refractivity contribution in [1.82, 2.24) is 9.88 Å². The Hall–Kier alpha value is -1.29. The lowest BCUT2D eigenvalue weighted by Crippen LogP contribution is -2.58. The van der Waals surface area contributed by atoms with Gasteiger partial charge in [0.1, 0.15) is 0 Å². The zero-order valence-corrected chi connectivity index (χ0v) is 10.4. The maximum atomic E-state index is 12.2. The van der Waals surface area contributed by atoms with E-state index in [-0.39, 0.29) is 5.91 Å². The average molecular weight is 236 g/mol. The first-order valence-corrected chi connectivity index (χ1v) is 6.12. The third kappa shape index (κ3) is 2.36. The van der Waals surface area contributed by atoms with Crippen molar-refractivity contribution in [2.24, 2.45) is 0 Å². The van der Waals surface area contributed by atoms with Gasteiger partial charge in [-0.2, -0.15) is 0 Å². The molecule has 4 nitrogen and oxygen atoms in total. The van der Waals surface area contributed by atoms with Crippen molar-refractivity contribution >= 4 is 5.91 Å². The van der Waals surface area contributed by atoms with Crippen LogP contribution in [0.25, 0.3) is 0 Å². The van der Waals surface area contributed by atoms with Gasteiger partial charge in [-0.05, 0) is 38.3 Å². The van der Waals surface area contributed by atoms with Crippen molar-refractivity contribution in [2.75, 3.05) is 6.54 Å². The largest absolute Gasteiger partial charge is 0.391 e. The van der Waals surface area contributed by atoms with E-state index >= 15 is 0 Å². The smallest absolute Gasteiger partial charge is 0.227 e. The Kier molecular flexibility index (Phi) is 3.24. The number of nitrogens with one attached hydrogen (secondary N) is 1. The molecule has 2 rings (SSSR count). The van der Waals surface area contributed by atoms with Gasteiger partial charge in [0.05, 0.1) is 18.1 Å². The number of aromatic amines is 1. The van der Waals surface area contributed by atoms with Crippen LogP contribution < -0.4 is 0 Å². The van der Waals surface area contributed by atoms with Gasteiger partial charge in [-0.1, -0.05) is 0 Å². The average Bonchev–Trinajstić information content (AvgIpc) is 2.74. The number of carbonyl (C=O) groups is 1. The van der Waals surface area contributed by atoms with Crippen LogP contribution in [0.4, 0.5) is 0 Å². The first-order chi connectivity index (χ1) is 8.01. The first kappa shape index (κ1) is 12.2. The second kappa shape index (κ2) is 4.53. The fourth-order valence-electron chi connectivity index (χ4n) is 2.45. The SMILES string of the molecule is CC1(C)C(O)CCCN1C(=O)Cc1cc[nH]c1. The van der Waals surface area contributed by atoms with Gasteiger partial charge >= 0.3 is 0 Å². The van der Waals surface area contributed by atoms with Crippen molar-refractivity contribution in [1.29, 1.82) is 0 Å². The summed E-state index contributed by atoms with van der Waals surface area (Å²) in [6.07, 6.45) is 5.29. The Morgan fingerprint density at radius 2 is 2.41 bits per heavy atom. The predicted molar refractivity (Wildman–Crippen MR) is 65.5 cm³/mol. The number of aliphatic hydroxyl groups is 1. The van der Waals surface area contributed by atoms with E-state index in [2.05, 4.69) is 4.98 Å². The molecule has 1 saturated heterocycles. The highest BCUT2D eigenvalue weighted by Crippen LogP contribution is 2.28. The number of aromatic nitrogens is 1. The van der Waals surface area contributed by atoms with E-state index in [1.165, 1.54) is 0 Å². The van der Waals surface area contributed by atoms with Crippen molar-refractivity contribution in [3.8, 4) is 0 Å². The van der Waals surface area contributed by atoms with E-state index < -0.39 is 11.6 Å². The fraction of sp³-hybridized carbons (Fsp3) is 0.615. The Balaban J connectivity index is 2.08. The molecule has 0 saturated carbocycles. The molecule has 0 aliphatic carbocycles. The third-order valence-electron chi connectivity index (χ3n) is 3.69. The monoisotopic (exact) mass is 236 g/mol. The maximum Gasteiger partial charge on any atom is 0.227 e. The topological polar surface area (TPSA) is 56.3 Å². The summed E-state index contributed by atoms with van der Waals surface area (Å²) in [4.78, 5) is 17.0. The number of hydrogen-bond acceptors (Lipinski definition) is 2. The standard InChI is InChI=1S/C13H20N2O2/c1-13(2)11(16)4-3-7-15(13)12(17)8-10-5-6-14-9-10/h5-6,9,11,14,16H,3-4,7-8H2,1-2H3. The molecule has 94 valence electrons. The molecule has 1 fully saturated rings. The molecule has 1 aliphatic rings. The predicted octanol–water partition coefficient (Wildman–Crippen LogP) is 1.32. The minimum atomic E-state index is -0.453. The summed E-state index contributed by atoms with van der Waals surface area (Å²) in [5, 5.41) is 9.98. The summed E-state index contributed by atoms with van der Waals surface area (Å²) in [5.41, 5.74) is 0.539. The van der Waals surface area contributed by atoms with Crippen molar-refractivity contribution in [3.05, 3.63) is 24.0 Å². The molecular formula is C13H20N2O2. The Labute approximate surface area is 102 Å². The van der Waals surface area contributed by atoms with Gasteiger partial charge < -0.3 is 15.0 Å². The Morgan fingerprint density at radius 1 is 1.65 bits per heavy atom. The van der Waals surface area contributed by atoms with Crippen LogP contribution in [0.15, 0.2) is 18.5 Å². The number of piperidine rings is 1. The van der Waals surface area contributed by atoms with Crippen LogP contribution in [-0.4, -0.2) is 39.1 Å². The lowest BCUT2D eigenvalue weighted by Gasteiger charge is -2.45. The van der Waals surface area contributed by atoms with Crippen LogP contribution in [0.2, 0.25) is 0 Å². The molecule has 17 heavy (non-hydrogen) atoms. The minimum Gasteiger partial charge on any atom is -0.391 e. The van der Waals surface area contributed by atoms with Gasteiger partial charge in [-0.25, -0.2) is 0 Å². The molecule has 1 amide bonds. The molecule has 1 aromatic heterocycles. The van der Waals surface area contributed by atoms with E-state index in [1.807, 2.05) is 37.2 Å². The first-order valence-electron chi connectivity index (χ1n) is 6.12. The molecule has 0 radical (unpaired) electrons. The number of carbonyl (C=O) groups excluding carboxylic acids is 1. The summed E-state index contributed by atoms with van der Waals surface area (Å²) >= 11 is 0. The second-order valence-electron chi connectivity index (χ2n) is 5.25. The van der Waals surface area contributed by atoms with Crippen molar-refractivity contribution < 1.29 is 9.90 Å². The van der Waals surface area contributed by atoms with Gasteiger partial charge in [0, 0.05) is 18.9 Å². The number of likely N-dealkylation sites (tertiary alicyclic amines) is 1. The molecule has 1 atom stereocenters. The number of aliphatic hydroxyl groups excluding tert-OH is 1. The molecule has 4 heteroatoms. The minimum absolute atomic E-state index is 0.0911. The molecule has 2 N–H and O–H groups in total. The van der Waals surface area contributed by atoms with Crippen LogP contribution in [0, 0.1) is 0 Å². The van der Waals surface area contributed by atoms with Crippen LogP contribution in [0.1, 0.15) is 32.3 Å². The molecular weight excluding hydrogens is 216 g/mol. The Bertz CT molecular complexity index is 384. The van der Waals surface area contributed by atoms with Crippen LogP contribution in [0.5, 0.6) is 0 Å². The van der Waals surface area contributed by atoms with Gasteiger partial charge in [0.25, 0.3) is 0 Å². The third-order valence-corrected chi connectivity index (χ3v) is 3.69. The second-order valence-corrected chi connectivity index (χ2v) is 5.25. The molecule has 1 unspecified atom stereocenters.